The van der Waals surface area contributed by atoms with Crippen molar-refractivity contribution < 1.29 is 0 Å². The number of hydrogen-bond acceptors (Lipinski definition) is 0. The van der Waals surface area contributed by atoms with Crippen LogP contribution in [0.25, 0.3) is 0 Å². The Morgan fingerprint density at radius 3 is 1.27 bits per heavy atom. The van der Waals surface area contributed by atoms with Crippen molar-refractivity contribution >= 4 is 59.6 Å². The zero-order chi connectivity index (χ0) is 9.12. The van der Waals surface area contributed by atoms with E-state index in [-0.39, 0.29) is 0 Å². The molecule has 6 heteroatoms. The fourth-order valence-corrected chi connectivity index (χ4v) is 3.36. The van der Waals surface area contributed by atoms with Gasteiger partial charge in [-0.2, -0.15) is 0 Å². The molecule has 0 nitrogen and oxygen atoms in total. The molecular formula is C5H12Cl4S2. The summed E-state index contributed by atoms with van der Waals surface area (Å²) in [4.78, 5) is 0. The molecule has 0 bridgehead atoms. The second kappa shape index (κ2) is 4.92. The molecule has 0 amide bonds. The average molecular weight is 278 g/mol. The van der Waals surface area contributed by atoms with Gasteiger partial charge in [-0.05, 0) is 18.9 Å². The SMILES string of the molecule is CS(Cl)(Cl)CCCS(C)(Cl)Cl. The number of halogens is 4. The minimum Gasteiger partial charge on any atom is -0.0872 e. The number of rotatable bonds is 4. The monoisotopic (exact) mass is 276 g/mol. The van der Waals surface area contributed by atoms with Gasteiger partial charge in [-0.25, -0.2) is 0 Å². The van der Waals surface area contributed by atoms with Crippen LogP contribution in [0.15, 0.2) is 0 Å². The molecule has 0 aliphatic heterocycles. The summed E-state index contributed by atoms with van der Waals surface area (Å²) in [5, 5.41) is 0. The summed E-state index contributed by atoms with van der Waals surface area (Å²) in [5.74, 6) is 1.64. The van der Waals surface area contributed by atoms with E-state index < -0.39 is 16.9 Å². The van der Waals surface area contributed by atoms with Gasteiger partial charge in [0.1, 0.15) is 0 Å². The predicted molar refractivity (Wildman–Crippen MR) is 64.8 cm³/mol. The molecule has 0 saturated carbocycles. The third-order valence-corrected chi connectivity index (χ3v) is 4.87. The van der Waals surface area contributed by atoms with E-state index in [4.69, 9.17) is 42.7 Å². The van der Waals surface area contributed by atoms with E-state index >= 15 is 0 Å². The van der Waals surface area contributed by atoms with Crippen LogP contribution in [-0.2, 0) is 0 Å². The minimum atomic E-state index is -1.41. The summed E-state index contributed by atoms with van der Waals surface area (Å²) in [6.07, 6.45) is 4.62. The second-order valence-corrected chi connectivity index (χ2v) is 15.9. The van der Waals surface area contributed by atoms with Crippen LogP contribution in [0.5, 0.6) is 0 Å². The fraction of sp³-hybridized carbons (Fsp3) is 1.00. The fourth-order valence-electron chi connectivity index (χ4n) is 0.566. The molecular weight excluding hydrogens is 266 g/mol. The lowest BCUT2D eigenvalue weighted by Gasteiger charge is -2.22. The first kappa shape index (κ1) is 12.9. The van der Waals surface area contributed by atoms with Crippen molar-refractivity contribution in [2.75, 3.05) is 24.0 Å². The van der Waals surface area contributed by atoms with Gasteiger partial charge >= 0.3 is 0 Å². The van der Waals surface area contributed by atoms with Crippen LogP contribution in [0.2, 0.25) is 0 Å². The Morgan fingerprint density at radius 1 is 0.818 bits per heavy atom. The Bertz CT molecular complexity index is 101. The van der Waals surface area contributed by atoms with Gasteiger partial charge in [-0.1, -0.05) is 59.6 Å². The highest BCUT2D eigenvalue weighted by Gasteiger charge is 2.14. The molecule has 0 fully saturated rings. The zero-order valence-electron chi connectivity index (χ0n) is 6.45. The first-order valence-electron chi connectivity index (χ1n) is 3.01. The Kier molecular flexibility index (Phi) is 5.75. The van der Waals surface area contributed by atoms with Crippen molar-refractivity contribution in [3.05, 3.63) is 0 Å². The largest absolute Gasteiger partial charge is 0.0872 e. The lowest BCUT2D eigenvalue weighted by Crippen LogP contribution is -1.95. The Hall–Kier alpha value is 1.86. The molecule has 0 heterocycles. The summed E-state index contributed by atoms with van der Waals surface area (Å²) in [5.41, 5.74) is 0. The second-order valence-electron chi connectivity index (χ2n) is 2.51. The van der Waals surface area contributed by atoms with Crippen molar-refractivity contribution in [2.45, 2.75) is 6.42 Å². The Balaban J connectivity index is 3.44. The van der Waals surface area contributed by atoms with E-state index in [2.05, 4.69) is 0 Å². The molecule has 0 aromatic heterocycles. The minimum absolute atomic E-state index is 0.818. The van der Waals surface area contributed by atoms with E-state index in [1.807, 2.05) is 12.5 Å². The van der Waals surface area contributed by atoms with E-state index in [1.165, 1.54) is 0 Å². The lowest BCUT2D eigenvalue weighted by atomic mass is 10.6. The quantitative estimate of drug-likeness (QED) is 0.688. The maximum absolute atomic E-state index is 5.83. The molecule has 0 spiro atoms. The van der Waals surface area contributed by atoms with E-state index in [0.29, 0.717) is 0 Å². The predicted octanol–water partition coefficient (Wildman–Crippen LogP) is 4.86. The van der Waals surface area contributed by atoms with Crippen LogP contribution in [-0.4, -0.2) is 24.0 Å². The molecule has 0 aliphatic carbocycles. The van der Waals surface area contributed by atoms with Gasteiger partial charge in [0.15, 0.2) is 0 Å². The highest BCUT2D eigenvalue weighted by Crippen LogP contribution is 2.58. The van der Waals surface area contributed by atoms with Crippen molar-refractivity contribution in [3.8, 4) is 0 Å². The molecule has 11 heavy (non-hydrogen) atoms. The molecule has 72 valence electrons. The highest BCUT2D eigenvalue weighted by molar-refractivity contribution is 8.66. The lowest BCUT2D eigenvalue weighted by molar-refractivity contribution is 1.12. The van der Waals surface area contributed by atoms with Gasteiger partial charge in [0.2, 0.25) is 0 Å². The summed E-state index contributed by atoms with van der Waals surface area (Å²) < 4.78 is 0. The van der Waals surface area contributed by atoms with Crippen molar-refractivity contribution in [2.24, 2.45) is 0 Å². The van der Waals surface area contributed by atoms with Crippen LogP contribution < -0.4 is 0 Å². The average Bonchev–Trinajstić information content (AvgIpc) is 1.55. The van der Waals surface area contributed by atoms with Crippen LogP contribution in [0.3, 0.4) is 0 Å². The third-order valence-electron chi connectivity index (χ3n) is 1.01. The van der Waals surface area contributed by atoms with Gasteiger partial charge in [0.25, 0.3) is 0 Å². The smallest absolute Gasteiger partial charge is 0.00356 e. The summed E-state index contributed by atoms with van der Waals surface area (Å²) >= 11 is 0. The first-order valence-corrected chi connectivity index (χ1v) is 10.7. The van der Waals surface area contributed by atoms with Gasteiger partial charge in [0.05, 0.1) is 0 Å². The molecule has 0 N–H and O–H groups in total. The van der Waals surface area contributed by atoms with Crippen LogP contribution in [0, 0.1) is 0 Å². The molecule has 0 unspecified atom stereocenters. The first-order chi connectivity index (χ1) is 4.71. The highest BCUT2D eigenvalue weighted by atomic mass is 36.0. The van der Waals surface area contributed by atoms with Gasteiger partial charge < -0.3 is 0 Å². The topological polar surface area (TPSA) is 0 Å². The normalized spacial score (nSPS) is 16.5. The number of hydrogen-bond donors (Lipinski definition) is 0. The van der Waals surface area contributed by atoms with Crippen molar-refractivity contribution in [1.29, 1.82) is 0 Å². The molecule has 0 aromatic carbocycles. The third kappa shape index (κ3) is 11.9. The van der Waals surface area contributed by atoms with Crippen molar-refractivity contribution in [1.82, 2.24) is 0 Å². The van der Waals surface area contributed by atoms with Crippen LogP contribution in [0.4, 0.5) is 0 Å². The molecule has 0 aliphatic rings. The van der Waals surface area contributed by atoms with Gasteiger partial charge in [0, 0.05) is 11.5 Å². The maximum Gasteiger partial charge on any atom is 0.00356 e. The Morgan fingerprint density at radius 2 is 1.09 bits per heavy atom. The van der Waals surface area contributed by atoms with Gasteiger partial charge in [-0.15, -0.1) is 0 Å². The van der Waals surface area contributed by atoms with Crippen LogP contribution >= 0.6 is 59.6 Å². The maximum atomic E-state index is 5.83. The zero-order valence-corrected chi connectivity index (χ0v) is 11.1. The summed E-state index contributed by atoms with van der Waals surface area (Å²) in [7, 11) is 20.5. The molecule has 0 radical (unpaired) electrons. The summed E-state index contributed by atoms with van der Waals surface area (Å²) in [6, 6.07) is 0. The van der Waals surface area contributed by atoms with Crippen LogP contribution in [0.1, 0.15) is 6.42 Å². The molecule has 0 aromatic rings. The van der Waals surface area contributed by atoms with E-state index in [9.17, 15) is 0 Å². The molecule has 0 rings (SSSR count). The van der Waals surface area contributed by atoms with Gasteiger partial charge in [-0.3, -0.25) is 0 Å². The van der Waals surface area contributed by atoms with E-state index in [0.717, 1.165) is 17.9 Å². The Labute approximate surface area is 89.5 Å². The van der Waals surface area contributed by atoms with E-state index in [1.54, 1.807) is 0 Å². The standard InChI is InChI=1S/C5H12Cl4S2/c1-10(6,7)4-3-5-11(2,8)9/h3-5H2,1-2H3. The molecule has 0 atom stereocenters. The summed E-state index contributed by atoms with van der Waals surface area (Å²) in [6.45, 7) is 0. The molecule has 0 saturated heterocycles. The van der Waals surface area contributed by atoms with Crippen molar-refractivity contribution in [3.63, 3.8) is 0 Å².